The van der Waals surface area contributed by atoms with Crippen molar-refractivity contribution in [2.45, 2.75) is 26.2 Å². The number of aromatic nitrogens is 2. The molecule has 26 heavy (non-hydrogen) atoms. The van der Waals surface area contributed by atoms with Gasteiger partial charge in [0.15, 0.2) is 17.5 Å². The lowest BCUT2D eigenvalue weighted by atomic mass is 9.91. The molecule has 0 bridgehead atoms. The van der Waals surface area contributed by atoms with Crippen LogP contribution in [0.25, 0.3) is 0 Å². The molecular weight excluding hydrogens is 396 g/mol. The lowest BCUT2D eigenvalue weighted by molar-refractivity contribution is -0.131. The minimum atomic E-state index is -1.14. The summed E-state index contributed by atoms with van der Waals surface area (Å²) >= 11 is 3.43. The van der Waals surface area contributed by atoms with Gasteiger partial charge >= 0.3 is 0 Å². The molecule has 7 heteroatoms. The van der Waals surface area contributed by atoms with E-state index < -0.39 is 17.6 Å². The molecule has 1 saturated heterocycles. The van der Waals surface area contributed by atoms with E-state index in [0.29, 0.717) is 24.4 Å². The van der Waals surface area contributed by atoms with E-state index in [1.165, 1.54) is 0 Å². The number of aryl methyl sites for hydroxylation is 2. The normalized spacial score (nSPS) is 17.8. The number of benzene rings is 1. The summed E-state index contributed by atoms with van der Waals surface area (Å²) in [6.07, 6.45) is 0.377. The van der Waals surface area contributed by atoms with E-state index in [0.717, 1.165) is 10.2 Å². The Bertz CT molecular complexity index is 902. The third-order valence-electron chi connectivity index (χ3n) is 4.36. The molecule has 6 nitrogen and oxygen atoms in total. The van der Waals surface area contributed by atoms with E-state index in [-0.39, 0.29) is 11.7 Å². The zero-order chi connectivity index (χ0) is 18.8. The van der Waals surface area contributed by atoms with Crippen molar-refractivity contribution in [3.05, 3.63) is 52.0 Å². The molecule has 1 fully saturated rings. The third kappa shape index (κ3) is 3.37. The van der Waals surface area contributed by atoms with Gasteiger partial charge in [-0.05, 0) is 54.4 Å². The van der Waals surface area contributed by atoms with Crippen LogP contribution in [-0.2, 0) is 9.59 Å². The zero-order valence-electron chi connectivity index (χ0n) is 14.4. The Morgan fingerprint density at radius 2 is 1.96 bits per heavy atom. The first-order valence-electron chi connectivity index (χ1n) is 8.24. The number of ketones is 1. The van der Waals surface area contributed by atoms with Gasteiger partial charge in [0.1, 0.15) is 5.92 Å². The van der Waals surface area contributed by atoms with E-state index in [9.17, 15) is 14.9 Å². The highest BCUT2D eigenvalue weighted by atomic mass is 79.9. The van der Waals surface area contributed by atoms with E-state index >= 15 is 0 Å². The molecule has 1 aromatic carbocycles. The van der Waals surface area contributed by atoms with Crippen molar-refractivity contribution >= 4 is 33.3 Å². The van der Waals surface area contributed by atoms with Crippen LogP contribution in [0, 0.1) is 31.1 Å². The monoisotopic (exact) mass is 412 g/mol. The summed E-state index contributed by atoms with van der Waals surface area (Å²) in [6, 6.07) is 11.1. The van der Waals surface area contributed by atoms with Crippen molar-refractivity contribution in [1.29, 1.82) is 5.26 Å². The van der Waals surface area contributed by atoms with Gasteiger partial charge in [-0.1, -0.05) is 12.1 Å². The number of hydrogen-bond acceptors (Lipinski definition) is 5. The fraction of sp³-hybridized carbons (Fsp3) is 0.316. The number of carbonyl (C=O) groups excluding carboxylic acids is 2. The highest BCUT2D eigenvalue weighted by molar-refractivity contribution is 9.10. The van der Waals surface area contributed by atoms with Crippen molar-refractivity contribution < 1.29 is 9.59 Å². The van der Waals surface area contributed by atoms with Gasteiger partial charge in [0, 0.05) is 22.4 Å². The number of amides is 1. The van der Waals surface area contributed by atoms with Crippen LogP contribution in [0.4, 0.5) is 5.69 Å². The quantitative estimate of drug-likeness (QED) is 0.719. The van der Waals surface area contributed by atoms with Crippen molar-refractivity contribution in [2.75, 3.05) is 11.4 Å². The minimum Gasteiger partial charge on any atom is -0.311 e. The van der Waals surface area contributed by atoms with E-state index in [4.69, 9.17) is 0 Å². The molecule has 1 amide bonds. The summed E-state index contributed by atoms with van der Waals surface area (Å²) in [5.74, 6) is -2.54. The number of hydrogen-bond donors (Lipinski definition) is 0. The molecule has 0 aliphatic carbocycles. The van der Waals surface area contributed by atoms with Crippen molar-refractivity contribution in [3.8, 4) is 6.07 Å². The maximum Gasteiger partial charge on any atom is 0.237 e. The van der Waals surface area contributed by atoms with Gasteiger partial charge < -0.3 is 4.90 Å². The zero-order valence-corrected chi connectivity index (χ0v) is 16.0. The van der Waals surface area contributed by atoms with Crippen LogP contribution in [0.2, 0.25) is 0 Å². The lowest BCUT2D eigenvalue weighted by Crippen LogP contribution is -2.33. The molecule has 1 aliphatic heterocycles. The Morgan fingerprint density at radius 1 is 1.31 bits per heavy atom. The molecule has 2 atom stereocenters. The Labute approximate surface area is 160 Å². The summed E-state index contributed by atoms with van der Waals surface area (Å²) in [6.45, 7) is 4.00. The number of para-hydroxylation sites is 1. The maximum absolute atomic E-state index is 12.9. The van der Waals surface area contributed by atoms with Crippen LogP contribution in [0.15, 0.2) is 34.8 Å². The highest BCUT2D eigenvalue weighted by Gasteiger charge is 2.42. The maximum atomic E-state index is 12.9. The van der Waals surface area contributed by atoms with Gasteiger partial charge in [-0.2, -0.15) is 5.26 Å². The molecule has 0 N–H and O–H groups in total. The number of carbonyl (C=O) groups is 2. The topological polar surface area (TPSA) is 87.0 Å². The van der Waals surface area contributed by atoms with Gasteiger partial charge in [0.05, 0.1) is 11.8 Å². The van der Waals surface area contributed by atoms with E-state index in [1.807, 2.05) is 30.3 Å². The molecule has 0 radical (unpaired) electrons. The molecule has 2 heterocycles. The van der Waals surface area contributed by atoms with Gasteiger partial charge in [0.25, 0.3) is 0 Å². The van der Waals surface area contributed by atoms with Crippen molar-refractivity contribution in [3.63, 3.8) is 0 Å². The van der Waals surface area contributed by atoms with Gasteiger partial charge in [0.2, 0.25) is 5.91 Å². The minimum absolute atomic E-state index is 0.169. The molecule has 2 unspecified atom stereocenters. The summed E-state index contributed by atoms with van der Waals surface area (Å²) in [7, 11) is 0. The van der Waals surface area contributed by atoms with Gasteiger partial charge in [-0.25, -0.2) is 9.97 Å². The summed E-state index contributed by atoms with van der Waals surface area (Å²) in [4.78, 5) is 35.8. The largest absolute Gasteiger partial charge is 0.311 e. The van der Waals surface area contributed by atoms with Crippen LogP contribution in [0.5, 0.6) is 0 Å². The van der Waals surface area contributed by atoms with Crippen molar-refractivity contribution in [1.82, 2.24) is 9.97 Å². The first-order chi connectivity index (χ1) is 12.4. The van der Waals surface area contributed by atoms with E-state index in [1.54, 1.807) is 24.8 Å². The molecule has 1 aromatic heterocycles. The fourth-order valence-electron chi connectivity index (χ4n) is 3.19. The molecular formula is C19H17BrN4O2. The number of rotatable bonds is 4. The van der Waals surface area contributed by atoms with Crippen LogP contribution in [0.1, 0.15) is 29.6 Å². The summed E-state index contributed by atoms with van der Waals surface area (Å²) < 4.78 is 0.788. The SMILES string of the molecule is Cc1cc(C)nc(C(C#N)C(=O)C2CCN(c3ccccc3Br)C2=O)n1. The Hall–Kier alpha value is -2.59. The van der Waals surface area contributed by atoms with Crippen LogP contribution in [-0.4, -0.2) is 28.2 Å². The van der Waals surface area contributed by atoms with Crippen LogP contribution >= 0.6 is 15.9 Å². The summed E-state index contributed by atoms with van der Waals surface area (Å²) in [5, 5.41) is 9.52. The second-order valence-corrected chi connectivity index (χ2v) is 7.11. The number of anilines is 1. The molecule has 1 aliphatic rings. The van der Waals surface area contributed by atoms with Gasteiger partial charge in [-0.15, -0.1) is 0 Å². The van der Waals surface area contributed by atoms with E-state index in [2.05, 4.69) is 25.9 Å². The molecule has 132 valence electrons. The predicted octanol–water partition coefficient (Wildman–Crippen LogP) is 3.09. The Kier molecular flexibility index (Phi) is 5.14. The smallest absolute Gasteiger partial charge is 0.237 e. The lowest BCUT2D eigenvalue weighted by Gasteiger charge is -2.18. The number of nitriles is 1. The fourth-order valence-corrected chi connectivity index (χ4v) is 3.68. The molecule has 0 spiro atoms. The highest BCUT2D eigenvalue weighted by Crippen LogP contribution is 2.33. The average Bonchev–Trinajstić information content (AvgIpc) is 2.96. The summed E-state index contributed by atoms with van der Waals surface area (Å²) in [5.41, 5.74) is 2.10. The number of nitrogens with zero attached hydrogens (tertiary/aromatic N) is 4. The van der Waals surface area contributed by atoms with Gasteiger partial charge in [-0.3, -0.25) is 9.59 Å². The number of Topliss-reactive ketones (excluding diaryl/α,β-unsaturated/α-hetero) is 1. The Morgan fingerprint density at radius 3 is 2.58 bits per heavy atom. The average molecular weight is 413 g/mol. The van der Waals surface area contributed by atoms with Crippen LogP contribution < -0.4 is 4.90 Å². The second kappa shape index (κ2) is 7.34. The molecule has 0 saturated carbocycles. The standard InChI is InChI=1S/C19H17BrN4O2/c1-11-9-12(2)23-18(22-11)14(10-21)17(25)13-7-8-24(19(13)26)16-6-4-3-5-15(16)20/h3-6,9,13-14H,7-8H2,1-2H3. The van der Waals surface area contributed by atoms with Crippen molar-refractivity contribution in [2.24, 2.45) is 5.92 Å². The third-order valence-corrected chi connectivity index (χ3v) is 5.03. The van der Waals surface area contributed by atoms with Crippen LogP contribution in [0.3, 0.4) is 0 Å². The first kappa shape index (κ1) is 18.2. The number of halogens is 1. The molecule has 2 aromatic rings. The second-order valence-electron chi connectivity index (χ2n) is 6.26. The Balaban J connectivity index is 1.87. The molecule has 3 rings (SSSR count). The predicted molar refractivity (Wildman–Crippen MR) is 99.5 cm³/mol. The first-order valence-corrected chi connectivity index (χ1v) is 9.03.